The lowest BCUT2D eigenvalue weighted by Gasteiger charge is -2.16. The van der Waals surface area contributed by atoms with Crippen LogP contribution in [0.5, 0.6) is 57.5 Å². The maximum absolute atomic E-state index is 13.3. The summed E-state index contributed by atoms with van der Waals surface area (Å²) in [7, 11) is 8.52. The number of fused-ring (bicyclic) bond motifs is 1. The number of rotatable bonds is 31. The van der Waals surface area contributed by atoms with Crippen LogP contribution in [0.2, 0.25) is 0 Å². The number of anilines is 4. The van der Waals surface area contributed by atoms with Gasteiger partial charge in [-0.25, -0.2) is 4.99 Å². The van der Waals surface area contributed by atoms with Gasteiger partial charge in [0.25, 0.3) is 11.4 Å². The van der Waals surface area contributed by atoms with Crippen molar-refractivity contribution in [1.29, 1.82) is 5.26 Å². The van der Waals surface area contributed by atoms with E-state index in [0.717, 1.165) is 94.0 Å². The molecule has 0 unspecified atom stereocenters. The lowest BCUT2D eigenvalue weighted by Crippen LogP contribution is -2.22. The molecule has 0 bridgehead atoms. The molecule has 5 aromatic rings. The maximum Gasteiger partial charge on any atom is 0.308 e. The van der Waals surface area contributed by atoms with E-state index < -0.39 is 26.3 Å². The van der Waals surface area contributed by atoms with Gasteiger partial charge in [-0.05, 0) is 147 Å². The van der Waals surface area contributed by atoms with Gasteiger partial charge in [0.1, 0.15) is 22.2 Å². The van der Waals surface area contributed by atoms with Gasteiger partial charge in [-0.15, -0.1) is 23.2 Å². The third kappa shape index (κ3) is 33.1. The summed E-state index contributed by atoms with van der Waals surface area (Å²) in [6.45, 7) is 15.4. The average molecular weight is 1580 g/mol. The standard InChI is InChI=1S/C16H23N3O2.C14H21N3O4.C14H23N3O2.C10H11ClFNO4.C10H13ClN2O4.C4H9N.CBrN.CH4O/c1-20-14-9-12-10-16(17)18-13(12)11-15(14)21-8-4-7-19-5-2-3-6-19;1-20-13-9-11(15)12(17(18)19)10-14(13)21-8-4-7-16-5-2-3-6-16;1-18-13-9-11(15)12(16)10-14(13)19-8-4-7-17-5-2-3-6-17;2*1-16-9-5-7(12)8(13(14)15)6-10(9)17-4-2-3-11;1-2-4-5-3-1;2-1-3;1-2/h9,11H,2-8,10H2,1H3,(H2,17,18);9-10H,2-8,15H2,1H3;9-10H,2-8,15-16H2,1H3;5-6H,2-4H2,1H3;5-6H,2-4,12H2,1H3;5H,1-4H2;;2H,1H3. The SMILES string of the molecule is C1CCNC1.CO.COc1cc(F)c([N+](=O)[O-])cc1OCCCCl.COc1cc(N)c(N)cc1OCCCN1CCCC1.COc1cc(N)c([N+](=O)[O-])cc1OCCCCl.COc1cc(N)c([N+](=O)[O-])cc1OCCCN1CCCC1.COc1cc2c(cc1OCCCN1CCCC1)N=C(N)C2.N#CBr. The molecule has 0 atom stereocenters. The van der Waals surface area contributed by atoms with Crippen molar-refractivity contribution < 1.29 is 71.6 Å². The highest BCUT2D eigenvalue weighted by molar-refractivity contribution is 9.12. The summed E-state index contributed by atoms with van der Waals surface area (Å²) >= 11 is 13.4. The van der Waals surface area contributed by atoms with E-state index in [1.54, 1.807) is 31.3 Å². The Kier molecular flexibility index (Phi) is 45.0. The predicted octanol–water partition coefficient (Wildman–Crippen LogP) is 11.7. The third-order valence-electron chi connectivity index (χ3n) is 16.1. The summed E-state index contributed by atoms with van der Waals surface area (Å²) < 4.78 is 66.8. The van der Waals surface area contributed by atoms with Crippen molar-refractivity contribution in [3.05, 3.63) is 102 Å². The van der Waals surface area contributed by atoms with Crippen molar-refractivity contribution in [2.75, 3.05) is 182 Å². The number of nitrogen functional groups attached to an aromatic ring is 4. The number of amidine groups is 1. The zero-order valence-corrected chi connectivity index (χ0v) is 64.0. The molecule has 31 nitrogen and oxygen atoms in total. The Hall–Kier alpha value is -8.75. The van der Waals surface area contributed by atoms with Crippen LogP contribution >= 0.6 is 39.1 Å². The van der Waals surface area contributed by atoms with E-state index in [2.05, 4.69) is 40.9 Å². The first-order valence-electron chi connectivity index (χ1n) is 34.3. The summed E-state index contributed by atoms with van der Waals surface area (Å²) in [6.07, 6.45) is 15.4. The Morgan fingerprint density at radius 2 is 0.781 bits per heavy atom. The smallest absolute Gasteiger partial charge is 0.308 e. The predicted molar refractivity (Wildman–Crippen MR) is 411 cm³/mol. The largest absolute Gasteiger partial charge is 0.493 e. The van der Waals surface area contributed by atoms with Gasteiger partial charge in [0.2, 0.25) is 5.82 Å². The van der Waals surface area contributed by atoms with Crippen LogP contribution in [0.4, 0.5) is 49.9 Å². The van der Waals surface area contributed by atoms with Gasteiger partial charge >= 0.3 is 5.69 Å². The Balaban J connectivity index is 0.000000330. The highest BCUT2D eigenvalue weighted by Crippen LogP contribution is 2.40. The summed E-state index contributed by atoms with van der Waals surface area (Å²) in [5.74, 6) is 5.05. The maximum atomic E-state index is 13.3. The number of nitrogens with one attached hydrogen (secondary N) is 1. The van der Waals surface area contributed by atoms with E-state index in [-0.39, 0.29) is 40.9 Å². The number of benzene rings is 5. The first-order valence-corrected chi connectivity index (χ1v) is 36.2. The number of nitriles is 1. The minimum absolute atomic E-state index is 0.0385. The minimum atomic E-state index is -0.962. The number of hydrogen-bond donors (Lipinski definition) is 7. The molecule has 4 saturated heterocycles. The number of nitrogens with zero attached hydrogens (tertiary/aromatic N) is 8. The number of methoxy groups -OCH3 is 5. The summed E-state index contributed by atoms with van der Waals surface area (Å²) in [4.78, 5) is 43.5. The number of nitro groups is 3. The molecule has 0 amide bonds. The van der Waals surface area contributed by atoms with Gasteiger partial charge in [-0.3, -0.25) is 30.3 Å². The number of hydrogen-bond acceptors (Lipinski definition) is 28. The Morgan fingerprint density at radius 3 is 1.10 bits per heavy atom. The number of halogens is 4. The molecule has 4 fully saturated rings. The van der Waals surface area contributed by atoms with Gasteiger partial charge in [0.05, 0.1) is 119 Å². The monoisotopic (exact) mass is 1580 g/mol. The van der Waals surface area contributed by atoms with Crippen molar-refractivity contribution in [3.8, 4) is 62.5 Å². The van der Waals surface area contributed by atoms with Gasteiger partial charge in [0, 0.05) is 97.3 Å². The Labute approximate surface area is 632 Å². The third-order valence-corrected chi connectivity index (χ3v) is 16.6. The number of aliphatic hydroxyl groups is 1. The molecule has 10 rings (SSSR count). The van der Waals surface area contributed by atoms with Crippen LogP contribution in [0.15, 0.2) is 65.7 Å². The van der Waals surface area contributed by atoms with Gasteiger partial charge in [-0.1, -0.05) is 0 Å². The zero-order valence-electron chi connectivity index (χ0n) is 60.9. The fourth-order valence-corrected chi connectivity index (χ4v) is 11.0. The van der Waals surface area contributed by atoms with Crippen LogP contribution in [-0.4, -0.2) is 200 Å². The normalized spacial score (nSPS) is 13.9. The molecule has 105 heavy (non-hydrogen) atoms. The summed E-state index contributed by atoms with van der Waals surface area (Å²) in [5.41, 5.74) is 30.6. The molecule has 5 aliphatic rings. The molecule has 0 saturated carbocycles. The molecule has 0 radical (unpaired) electrons. The van der Waals surface area contributed by atoms with Crippen molar-refractivity contribution in [1.82, 2.24) is 20.0 Å². The molecule has 0 aliphatic carbocycles. The van der Waals surface area contributed by atoms with E-state index in [1.807, 2.05) is 12.1 Å². The van der Waals surface area contributed by atoms with Crippen LogP contribution in [0.3, 0.4) is 0 Å². The van der Waals surface area contributed by atoms with E-state index in [1.165, 1.54) is 136 Å². The van der Waals surface area contributed by atoms with Crippen LogP contribution in [0.1, 0.15) is 89.0 Å². The Bertz CT molecular complexity index is 3390. The fraction of sp³-hybridized carbons (Fsp3) is 0.543. The first kappa shape index (κ1) is 90.5. The van der Waals surface area contributed by atoms with Crippen LogP contribution in [-0.2, 0) is 6.42 Å². The summed E-state index contributed by atoms with van der Waals surface area (Å²) in [5, 5.41) is 49.6. The second kappa shape index (κ2) is 52.3. The van der Waals surface area contributed by atoms with E-state index in [4.69, 9.17) is 110 Å². The van der Waals surface area contributed by atoms with E-state index in [9.17, 15) is 34.7 Å². The highest BCUT2D eigenvalue weighted by Gasteiger charge is 2.23. The van der Waals surface area contributed by atoms with Crippen LogP contribution in [0, 0.1) is 46.4 Å². The fourth-order valence-electron chi connectivity index (χ4n) is 10.8. The number of nitro benzene ring substituents is 3. The molecule has 12 N–H and O–H groups in total. The molecule has 584 valence electrons. The molecule has 5 aromatic carbocycles. The lowest BCUT2D eigenvalue weighted by molar-refractivity contribution is -0.387. The minimum Gasteiger partial charge on any atom is -0.493 e. The Morgan fingerprint density at radius 1 is 0.486 bits per heavy atom. The quantitative estimate of drug-likeness (QED) is 0.00712. The molecule has 5 aliphatic heterocycles. The molecular weight excluding hydrogens is 1480 g/mol. The second-order valence-corrected chi connectivity index (χ2v) is 24.6. The number of aliphatic hydroxyl groups excluding tert-OH is 1. The number of aliphatic imine (C=N–C) groups is 1. The highest BCUT2D eigenvalue weighted by atomic mass is 79.9. The molecule has 35 heteroatoms. The van der Waals surface area contributed by atoms with E-state index >= 15 is 0 Å². The number of alkyl halides is 2. The van der Waals surface area contributed by atoms with Crippen molar-refractivity contribution in [2.24, 2.45) is 10.7 Å². The van der Waals surface area contributed by atoms with Crippen molar-refractivity contribution in [3.63, 3.8) is 0 Å². The number of nitrogens with two attached hydrogens (primary N) is 5. The molecule has 0 aromatic heterocycles. The van der Waals surface area contributed by atoms with Crippen LogP contribution in [0.25, 0.3) is 0 Å². The lowest BCUT2D eigenvalue weighted by atomic mass is 10.1. The topological polar surface area (TPSA) is 430 Å². The second-order valence-electron chi connectivity index (χ2n) is 23.5. The zero-order chi connectivity index (χ0) is 77.5. The van der Waals surface area contributed by atoms with E-state index in [0.29, 0.717) is 109 Å². The van der Waals surface area contributed by atoms with Crippen molar-refractivity contribution in [2.45, 2.75) is 89.9 Å². The summed E-state index contributed by atoms with van der Waals surface area (Å²) in [6, 6.07) is 14.6. The first-order chi connectivity index (χ1) is 50.7. The van der Waals surface area contributed by atoms with Gasteiger partial charge in [0.15, 0.2) is 57.5 Å². The number of ether oxygens (including phenoxy) is 10. The number of likely N-dealkylation sites (tertiary alicyclic amines) is 3. The molecular formula is C70H104BrCl2FN14O17. The van der Waals surface area contributed by atoms with Gasteiger partial charge < -0.3 is 101 Å². The molecule has 5 heterocycles. The van der Waals surface area contributed by atoms with Crippen molar-refractivity contribution >= 4 is 90.5 Å². The van der Waals surface area contributed by atoms with Gasteiger partial charge in [-0.2, -0.15) is 9.65 Å². The molecule has 0 spiro atoms. The average Bonchev–Trinajstić information content (AvgIpc) is 1.66. The van der Waals surface area contributed by atoms with Crippen LogP contribution < -0.4 is 81.4 Å².